The molecule has 0 saturated carbocycles. The molecule has 5 heteroatoms. The van der Waals surface area contributed by atoms with Gasteiger partial charge in [-0.25, -0.2) is 4.98 Å². The van der Waals surface area contributed by atoms with E-state index in [1.807, 2.05) is 54.6 Å². The van der Waals surface area contributed by atoms with Crippen LogP contribution in [0.5, 0.6) is 0 Å². The van der Waals surface area contributed by atoms with Crippen LogP contribution in [0.15, 0.2) is 54.6 Å². The van der Waals surface area contributed by atoms with E-state index in [-0.39, 0.29) is 0 Å². The first-order valence-corrected chi connectivity index (χ1v) is 6.56. The van der Waals surface area contributed by atoms with Crippen LogP contribution < -0.4 is 0 Å². The van der Waals surface area contributed by atoms with Gasteiger partial charge in [0.25, 0.3) is 0 Å². The number of hydrogen-bond donors (Lipinski definition) is 0. The predicted octanol–water partition coefficient (Wildman–Crippen LogP) is 3.62. The van der Waals surface area contributed by atoms with Crippen molar-refractivity contribution in [1.82, 2.24) is 20.0 Å². The Balaban J connectivity index is 1.96. The minimum atomic E-state index is 0.707. The topological polar surface area (TPSA) is 43.6 Å². The van der Waals surface area contributed by atoms with Crippen LogP contribution in [0.3, 0.4) is 0 Å². The highest BCUT2D eigenvalue weighted by Crippen LogP contribution is 2.20. The molecule has 2 heterocycles. The Kier molecular flexibility index (Phi) is 2.44. The molecule has 2 aromatic heterocycles. The van der Waals surface area contributed by atoms with Crippen molar-refractivity contribution in [1.29, 1.82) is 0 Å². The number of pyridine rings is 1. The van der Waals surface area contributed by atoms with Crippen molar-refractivity contribution in [3.63, 3.8) is 0 Å². The number of benzene rings is 2. The first kappa shape index (κ1) is 11.4. The summed E-state index contributed by atoms with van der Waals surface area (Å²) in [5, 5.41) is 10.0. The predicted molar refractivity (Wildman–Crippen MR) is 79.2 cm³/mol. The number of nitrogens with zero attached hydrogens (tertiary/aromatic N) is 4. The Morgan fingerprint density at radius 1 is 0.900 bits per heavy atom. The van der Waals surface area contributed by atoms with Crippen LogP contribution in [0.1, 0.15) is 0 Å². The zero-order chi connectivity index (χ0) is 13.5. The minimum absolute atomic E-state index is 0.707. The second-order valence-corrected chi connectivity index (χ2v) is 4.93. The minimum Gasteiger partial charge on any atom is -0.229 e. The SMILES string of the molecule is Clc1ccc2nc(-n3nnc4ccccc43)ccc2c1. The Hall–Kier alpha value is -2.46. The smallest absolute Gasteiger partial charge is 0.156 e. The molecule has 4 rings (SSSR count). The molecule has 0 atom stereocenters. The molecule has 2 aromatic carbocycles. The van der Waals surface area contributed by atoms with Crippen LogP contribution in [-0.2, 0) is 0 Å². The normalized spacial score (nSPS) is 11.2. The van der Waals surface area contributed by atoms with Crippen molar-refractivity contribution in [3.8, 4) is 5.82 Å². The molecular weight excluding hydrogens is 272 g/mol. The third kappa shape index (κ3) is 1.73. The van der Waals surface area contributed by atoms with Gasteiger partial charge in [0.05, 0.1) is 11.0 Å². The molecule has 0 spiro atoms. The van der Waals surface area contributed by atoms with E-state index in [1.54, 1.807) is 4.68 Å². The summed E-state index contributed by atoms with van der Waals surface area (Å²) in [7, 11) is 0. The molecule has 0 aliphatic carbocycles. The lowest BCUT2D eigenvalue weighted by Crippen LogP contribution is -1.99. The van der Waals surface area contributed by atoms with Gasteiger partial charge >= 0.3 is 0 Å². The van der Waals surface area contributed by atoms with Gasteiger partial charge in [-0.3, -0.25) is 0 Å². The third-order valence-corrected chi connectivity index (χ3v) is 3.44. The monoisotopic (exact) mass is 280 g/mol. The summed E-state index contributed by atoms with van der Waals surface area (Å²) in [5.74, 6) is 0.744. The lowest BCUT2D eigenvalue weighted by atomic mass is 10.2. The van der Waals surface area contributed by atoms with Gasteiger partial charge in [-0.1, -0.05) is 28.9 Å². The third-order valence-electron chi connectivity index (χ3n) is 3.21. The molecule has 0 bridgehead atoms. The second kappa shape index (κ2) is 4.28. The quantitative estimate of drug-likeness (QED) is 0.535. The molecule has 0 aliphatic heterocycles. The highest BCUT2D eigenvalue weighted by molar-refractivity contribution is 6.31. The molecule has 20 heavy (non-hydrogen) atoms. The summed E-state index contributed by atoms with van der Waals surface area (Å²) >= 11 is 5.98. The Labute approximate surface area is 119 Å². The molecule has 4 aromatic rings. The fourth-order valence-electron chi connectivity index (χ4n) is 2.24. The molecule has 0 saturated heterocycles. The van der Waals surface area contributed by atoms with E-state index in [4.69, 9.17) is 11.6 Å². The van der Waals surface area contributed by atoms with Crippen LogP contribution in [0, 0.1) is 0 Å². The zero-order valence-electron chi connectivity index (χ0n) is 10.4. The summed E-state index contributed by atoms with van der Waals surface area (Å²) in [6.45, 7) is 0. The maximum absolute atomic E-state index is 5.98. The number of aromatic nitrogens is 4. The van der Waals surface area contributed by atoms with Crippen molar-refractivity contribution in [2.75, 3.05) is 0 Å². The van der Waals surface area contributed by atoms with Gasteiger partial charge in [-0.05, 0) is 42.5 Å². The molecule has 0 fully saturated rings. The molecule has 0 amide bonds. The van der Waals surface area contributed by atoms with Crippen molar-refractivity contribution in [2.45, 2.75) is 0 Å². The van der Waals surface area contributed by atoms with Crippen molar-refractivity contribution in [2.24, 2.45) is 0 Å². The van der Waals surface area contributed by atoms with Crippen molar-refractivity contribution < 1.29 is 0 Å². The Morgan fingerprint density at radius 3 is 2.75 bits per heavy atom. The number of fused-ring (bicyclic) bond motifs is 2. The first-order chi connectivity index (χ1) is 9.81. The molecule has 0 unspecified atom stereocenters. The Bertz CT molecular complexity index is 929. The van der Waals surface area contributed by atoms with Crippen molar-refractivity contribution >= 4 is 33.5 Å². The van der Waals surface area contributed by atoms with Gasteiger partial charge in [0.2, 0.25) is 0 Å². The molecular formula is C15H9ClN4. The largest absolute Gasteiger partial charge is 0.229 e. The fourth-order valence-corrected chi connectivity index (χ4v) is 2.42. The molecule has 0 N–H and O–H groups in total. The first-order valence-electron chi connectivity index (χ1n) is 6.18. The van der Waals surface area contributed by atoms with Crippen LogP contribution in [0.4, 0.5) is 0 Å². The van der Waals surface area contributed by atoms with E-state index in [2.05, 4.69) is 15.3 Å². The van der Waals surface area contributed by atoms with E-state index in [0.29, 0.717) is 5.02 Å². The lowest BCUT2D eigenvalue weighted by molar-refractivity contribution is 0.805. The molecule has 0 radical (unpaired) electrons. The van der Waals surface area contributed by atoms with Gasteiger partial charge in [0.15, 0.2) is 5.82 Å². The summed E-state index contributed by atoms with van der Waals surface area (Å²) < 4.78 is 1.74. The van der Waals surface area contributed by atoms with Gasteiger partial charge < -0.3 is 0 Å². The second-order valence-electron chi connectivity index (χ2n) is 4.50. The fraction of sp³-hybridized carbons (Fsp3) is 0. The summed E-state index contributed by atoms with van der Waals surface area (Å²) in [4.78, 5) is 4.61. The number of halogens is 1. The zero-order valence-corrected chi connectivity index (χ0v) is 11.1. The average Bonchev–Trinajstić information content (AvgIpc) is 2.91. The average molecular weight is 281 g/mol. The van der Waals surface area contributed by atoms with Gasteiger partial charge in [0, 0.05) is 10.4 Å². The van der Waals surface area contributed by atoms with E-state index in [9.17, 15) is 0 Å². The van der Waals surface area contributed by atoms with Gasteiger partial charge in [-0.2, -0.15) is 4.68 Å². The maximum Gasteiger partial charge on any atom is 0.156 e. The van der Waals surface area contributed by atoms with Crippen molar-refractivity contribution in [3.05, 3.63) is 59.6 Å². The maximum atomic E-state index is 5.98. The highest BCUT2D eigenvalue weighted by Gasteiger charge is 2.07. The number of para-hydroxylation sites is 1. The van der Waals surface area contributed by atoms with E-state index < -0.39 is 0 Å². The van der Waals surface area contributed by atoms with Crippen LogP contribution >= 0.6 is 11.6 Å². The van der Waals surface area contributed by atoms with Gasteiger partial charge in [-0.15, -0.1) is 5.10 Å². The van der Waals surface area contributed by atoms with Crippen LogP contribution in [0.25, 0.3) is 27.8 Å². The highest BCUT2D eigenvalue weighted by atomic mass is 35.5. The van der Waals surface area contributed by atoms with E-state index in [0.717, 1.165) is 27.8 Å². The van der Waals surface area contributed by atoms with Gasteiger partial charge in [0.1, 0.15) is 5.52 Å². The standard InChI is InChI=1S/C15H9ClN4/c16-11-6-7-12-10(9-11)5-8-15(17-12)20-14-4-2-1-3-13(14)18-19-20/h1-9H. The Morgan fingerprint density at radius 2 is 1.80 bits per heavy atom. The molecule has 4 nitrogen and oxygen atoms in total. The van der Waals surface area contributed by atoms with Crippen LogP contribution in [0.2, 0.25) is 5.02 Å². The summed E-state index contributed by atoms with van der Waals surface area (Å²) in [6.07, 6.45) is 0. The van der Waals surface area contributed by atoms with E-state index >= 15 is 0 Å². The molecule has 0 aliphatic rings. The van der Waals surface area contributed by atoms with Crippen LogP contribution in [-0.4, -0.2) is 20.0 Å². The summed E-state index contributed by atoms with van der Waals surface area (Å²) in [6, 6.07) is 17.3. The molecule has 96 valence electrons. The lowest BCUT2D eigenvalue weighted by Gasteiger charge is -2.03. The van der Waals surface area contributed by atoms with E-state index in [1.165, 1.54) is 0 Å². The number of hydrogen-bond acceptors (Lipinski definition) is 3. The summed E-state index contributed by atoms with van der Waals surface area (Å²) in [5.41, 5.74) is 2.67. The number of rotatable bonds is 1.